The van der Waals surface area contributed by atoms with E-state index in [2.05, 4.69) is 390 Å². The monoisotopic (exact) mass is 1560 g/mol. The van der Waals surface area contributed by atoms with E-state index in [1.807, 2.05) is 72.8 Å². The quantitative estimate of drug-likeness (QED) is 0.0658. The van der Waals surface area contributed by atoms with E-state index in [9.17, 15) is 0 Å². The van der Waals surface area contributed by atoms with Crippen LogP contribution < -0.4 is 67.7 Å². The summed E-state index contributed by atoms with van der Waals surface area (Å²) in [7, 11) is -6.39. The summed E-state index contributed by atoms with van der Waals surface area (Å²) in [5.74, 6) is 3.42. The summed E-state index contributed by atoms with van der Waals surface area (Å²) in [4.78, 5) is 37.8. The molecule has 2 aliphatic rings. The van der Waals surface area contributed by atoms with E-state index in [1.165, 1.54) is 52.3 Å². The summed E-state index contributed by atoms with van der Waals surface area (Å²) in [5, 5.41) is 12.5. The number of anilines is 6. The third-order valence-corrected chi connectivity index (χ3v) is 33.7. The molecule has 3 aromatic heterocycles. The van der Waals surface area contributed by atoms with Crippen LogP contribution >= 0.6 is 0 Å². The van der Waals surface area contributed by atoms with E-state index in [0.717, 1.165) is 101 Å². The Labute approximate surface area is 699 Å². The molecular weight excluding hydrogens is 1490 g/mol. The summed E-state index contributed by atoms with van der Waals surface area (Å²) in [6, 6.07) is 164. The van der Waals surface area contributed by atoms with Crippen molar-refractivity contribution >= 4 is 137 Å². The first-order chi connectivity index (χ1) is 59.5. The average molecular weight is 1560 g/mol. The molecule has 562 valence electrons. The predicted octanol–water partition coefficient (Wildman–Crippen LogP) is 18.0. The van der Waals surface area contributed by atoms with Gasteiger partial charge in [-0.05, 0) is 131 Å². The fourth-order valence-corrected chi connectivity index (χ4v) is 28.5. The fraction of sp³-hybridized carbons (Fsp3) is 0. The van der Waals surface area contributed by atoms with Gasteiger partial charge in [-0.2, -0.15) is 0 Å². The van der Waals surface area contributed by atoms with E-state index < -0.39 is 22.9 Å². The van der Waals surface area contributed by atoms with Crippen molar-refractivity contribution in [3.05, 3.63) is 449 Å². The molecule has 0 amide bonds. The first-order valence-corrected chi connectivity index (χ1v) is 44.8. The van der Waals surface area contributed by atoms with E-state index in [0.29, 0.717) is 34.9 Å². The van der Waals surface area contributed by atoms with Crippen molar-refractivity contribution in [2.24, 2.45) is 0 Å². The zero-order chi connectivity index (χ0) is 79.5. The van der Waals surface area contributed by atoms with Crippen molar-refractivity contribution in [2.75, 3.05) is 9.80 Å². The molecule has 12 heteroatoms. The van der Waals surface area contributed by atoms with Gasteiger partial charge >= 0.3 is 0 Å². The van der Waals surface area contributed by atoms with Crippen molar-refractivity contribution in [2.45, 2.75) is 0 Å². The second-order valence-electron chi connectivity index (χ2n) is 30.8. The standard InChI is InChI=1S/C108H74BN9Si2/c1-11-37-75(38-12-1)103-110-104(76-39-13-2-14-40-76)113-107(112-103)79-65-67-98-94(69-79)109-95-70-80(108-114-105(77-41-15-3-16-42-77)111-106(115-108)78-43-17-4-18-44-78)66-68-99(95)117(82-46-36-60-91(72-82)120(87-53-25-8-26-54-87,88-55-27-9-28-56-88)89-57-29-10-30-58-89)101-74-83(118-96-63-33-31-61-92(96)93-62-32-34-64-97(93)118)73-100(102(101)109)116(98)81-45-35-59-90(71-81)119(84-47-19-5-20-48-84,85-49-21-6-22-50-85)86-51-23-7-24-52-86/h1-74H. The molecule has 0 aliphatic carbocycles. The SMILES string of the molecule is c1ccc(-c2nc(-c3ccccc3)nc(-c3ccc4c(c3)B3c5cc(-c6nc(-c7ccccc7)nc(-c7ccccc7)n6)ccc5N(c5cccc([Si](c6ccccc6)(c6ccccc6)c6ccccc6)c5)c5cc(-n6c7ccccc7c7ccccc76)cc(c53)N4c3cccc([Si](c4ccccc4)(c4ccccc4)c4ccccc4)c3)n2)cc1. The van der Waals surface area contributed by atoms with Gasteiger partial charge in [0, 0.05) is 78.3 Å². The molecule has 2 aliphatic heterocycles. The van der Waals surface area contributed by atoms with Crippen molar-refractivity contribution in [3.8, 4) is 74.0 Å². The number of benzene rings is 17. The lowest BCUT2D eigenvalue weighted by Crippen LogP contribution is -2.74. The molecule has 0 unspecified atom stereocenters. The van der Waals surface area contributed by atoms with Crippen LogP contribution in [0.1, 0.15) is 0 Å². The maximum atomic E-state index is 5.52. The number of hydrogen-bond donors (Lipinski definition) is 0. The Hall–Kier alpha value is -15.3. The number of rotatable bonds is 17. The first kappa shape index (κ1) is 71.2. The number of nitrogens with zero attached hydrogens (tertiary/aromatic N) is 9. The molecule has 0 fully saturated rings. The van der Waals surface area contributed by atoms with Gasteiger partial charge in [0.1, 0.15) is 0 Å². The summed E-state index contributed by atoms with van der Waals surface area (Å²) in [6.07, 6.45) is 0. The van der Waals surface area contributed by atoms with E-state index in [-0.39, 0.29) is 0 Å². The van der Waals surface area contributed by atoms with Gasteiger partial charge in [0.25, 0.3) is 6.71 Å². The Kier molecular flexibility index (Phi) is 17.8. The maximum absolute atomic E-state index is 5.52. The molecule has 22 rings (SSSR count). The van der Waals surface area contributed by atoms with Crippen molar-refractivity contribution < 1.29 is 0 Å². The smallest absolute Gasteiger partial charge is 0.252 e. The molecule has 0 radical (unpaired) electrons. The zero-order valence-electron chi connectivity index (χ0n) is 65.3. The van der Waals surface area contributed by atoms with Crippen LogP contribution in [-0.4, -0.2) is 57.3 Å². The van der Waals surface area contributed by atoms with Gasteiger partial charge in [0.2, 0.25) is 0 Å². The molecule has 0 N–H and O–H groups in total. The highest BCUT2D eigenvalue weighted by Crippen LogP contribution is 2.48. The minimum atomic E-state index is -3.20. The molecule has 0 spiro atoms. The van der Waals surface area contributed by atoms with Crippen LogP contribution in [0.2, 0.25) is 0 Å². The molecule has 0 atom stereocenters. The van der Waals surface area contributed by atoms with Crippen molar-refractivity contribution in [1.82, 2.24) is 34.5 Å². The normalized spacial score (nSPS) is 12.3. The predicted molar refractivity (Wildman–Crippen MR) is 501 cm³/mol. The third kappa shape index (κ3) is 12.1. The minimum absolute atomic E-state index is 0.475. The zero-order valence-corrected chi connectivity index (χ0v) is 67.3. The van der Waals surface area contributed by atoms with Gasteiger partial charge in [0.15, 0.2) is 51.1 Å². The maximum Gasteiger partial charge on any atom is 0.252 e. The molecular formula is C108H74BN9Si2. The van der Waals surface area contributed by atoms with Crippen LogP contribution in [0.15, 0.2) is 449 Å². The van der Waals surface area contributed by atoms with Gasteiger partial charge in [-0.25, -0.2) is 29.9 Å². The number of fused-ring (bicyclic) bond motifs is 7. The molecule has 0 saturated heterocycles. The highest BCUT2D eigenvalue weighted by Gasteiger charge is 2.48. The largest absolute Gasteiger partial charge is 0.311 e. The summed E-state index contributed by atoms with van der Waals surface area (Å²) in [6.45, 7) is -0.475. The number of aromatic nitrogens is 7. The summed E-state index contributed by atoms with van der Waals surface area (Å²) >= 11 is 0. The summed E-state index contributed by atoms with van der Waals surface area (Å²) in [5.41, 5.74) is 17.7. The lowest BCUT2D eigenvalue weighted by molar-refractivity contribution is 1.07. The van der Waals surface area contributed by atoms with Gasteiger partial charge in [0.05, 0.1) is 16.7 Å². The van der Waals surface area contributed by atoms with Crippen LogP contribution in [0.25, 0.3) is 95.8 Å². The van der Waals surface area contributed by atoms with E-state index >= 15 is 0 Å². The molecule has 17 aromatic carbocycles. The van der Waals surface area contributed by atoms with E-state index in [1.54, 1.807) is 0 Å². The van der Waals surface area contributed by atoms with Gasteiger partial charge in [-0.3, -0.25) is 0 Å². The minimum Gasteiger partial charge on any atom is -0.311 e. The molecule has 0 bridgehead atoms. The highest BCUT2D eigenvalue weighted by atomic mass is 28.3. The van der Waals surface area contributed by atoms with Crippen molar-refractivity contribution in [1.29, 1.82) is 0 Å². The van der Waals surface area contributed by atoms with Gasteiger partial charge < -0.3 is 14.4 Å². The Morgan fingerprint density at radius 2 is 0.450 bits per heavy atom. The molecule has 120 heavy (non-hydrogen) atoms. The molecule has 20 aromatic rings. The van der Waals surface area contributed by atoms with Gasteiger partial charge in [-0.1, -0.05) is 376 Å². The Bertz CT molecular complexity index is 6490. The van der Waals surface area contributed by atoms with Crippen LogP contribution in [0.3, 0.4) is 0 Å². The first-order valence-electron chi connectivity index (χ1n) is 40.8. The fourth-order valence-electron chi connectivity index (χ4n) is 18.9. The Morgan fingerprint density at radius 3 is 0.750 bits per heavy atom. The lowest BCUT2D eigenvalue weighted by Gasteiger charge is -2.45. The van der Waals surface area contributed by atoms with Crippen LogP contribution in [0.5, 0.6) is 0 Å². The lowest BCUT2D eigenvalue weighted by atomic mass is 9.33. The molecule has 5 heterocycles. The van der Waals surface area contributed by atoms with Crippen molar-refractivity contribution in [3.63, 3.8) is 0 Å². The Morgan fingerprint density at radius 1 is 0.192 bits per heavy atom. The highest BCUT2D eigenvalue weighted by molar-refractivity contribution is 7.20. The second kappa shape index (κ2) is 30.1. The van der Waals surface area contributed by atoms with Crippen LogP contribution in [0.4, 0.5) is 34.1 Å². The average Bonchev–Trinajstić information content (AvgIpc) is 0.923. The van der Waals surface area contributed by atoms with E-state index in [4.69, 9.17) is 29.9 Å². The molecule has 9 nitrogen and oxygen atoms in total. The third-order valence-electron chi connectivity index (χ3n) is 24.1. The molecule has 0 saturated carbocycles. The summed E-state index contributed by atoms with van der Waals surface area (Å²) < 4.78 is 2.50. The van der Waals surface area contributed by atoms with Crippen LogP contribution in [-0.2, 0) is 0 Å². The Balaban J connectivity index is 0.882. The number of para-hydroxylation sites is 2. The number of hydrogen-bond acceptors (Lipinski definition) is 8. The van der Waals surface area contributed by atoms with Crippen LogP contribution in [0, 0.1) is 0 Å². The topological polar surface area (TPSA) is 88.8 Å². The second-order valence-corrected chi connectivity index (χ2v) is 38.4. The van der Waals surface area contributed by atoms with Gasteiger partial charge in [-0.15, -0.1) is 0 Å².